The molecule has 2 rings (SSSR count). The summed E-state index contributed by atoms with van der Waals surface area (Å²) in [6.07, 6.45) is 3.47. The molecule has 0 saturated heterocycles. The summed E-state index contributed by atoms with van der Waals surface area (Å²) >= 11 is 10.9. The minimum absolute atomic E-state index is 0.265. The molecule has 0 spiro atoms. The highest BCUT2D eigenvalue weighted by Gasteiger charge is 2.09. The summed E-state index contributed by atoms with van der Waals surface area (Å²) in [4.78, 5) is 4.38. The van der Waals surface area contributed by atoms with Crippen molar-refractivity contribution >= 4 is 28.8 Å². The number of nitrogens with two attached hydrogens (primary N) is 1. The average Bonchev–Trinajstić information content (AvgIpc) is 2.77. The molecule has 0 aliphatic carbocycles. The third kappa shape index (κ3) is 2.63. The first-order valence-electron chi connectivity index (χ1n) is 5.25. The maximum Gasteiger partial charge on any atom is 0.167 e. The lowest BCUT2D eigenvalue weighted by atomic mass is 10.2. The second-order valence-electron chi connectivity index (χ2n) is 3.70. The first-order valence-corrected chi connectivity index (χ1v) is 6.04. The summed E-state index contributed by atoms with van der Waals surface area (Å²) in [7, 11) is 1.62. The number of aromatic nitrogens is 2. The van der Waals surface area contributed by atoms with Gasteiger partial charge in [0.1, 0.15) is 10.7 Å². The Morgan fingerprint density at radius 1 is 1.56 bits per heavy atom. The van der Waals surface area contributed by atoms with E-state index in [1.165, 1.54) is 0 Å². The Bertz CT molecular complexity index is 582. The molecule has 0 fully saturated rings. The van der Waals surface area contributed by atoms with Crippen LogP contribution in [0.5, 0.6) is 5.75 Å². The van der Waals surface area contributed by atoms with E-state index in [9.17, 15) is 0 Å². The third-order valence-electron chi connectivity index (χ3n) is 2.52. The second-order valence-corrected chi connectivity index (χ2v) is 4.58. The summed E-state index contributed by atoms with van der Waals surface area (Å²) in [5.74, 6) is 1.34. The number of ether oxygens (including phenoxy) is 1. The predicted molar refractivity (Wildman–Crippen MR) is 75.2 cm³/mol. The summed E-state index contributed by atoms with van der Waals surface area (Å²) < 4.78 is 7.15. The van der Waals surface area contributed by atoms with E-state index in [0.29, 0.717) is 17.4 Å². The number of methoxy groups -OCH3 is 1. The van der Waals surface area contributed by atoms with Gasteiger partial charge in [0.15, 0.2) is 5.82 Å². The number of rotatable bonds is 4. The molecule has 1 aromatic carbocycles. The lowest BCUT2D eigenvalue weighted by Gasteiger charge is -2.11. The second kappa shape index (κ2) is 5.37. The molecule has 2 N–H and O–H groups in total. The Hall–Kier alpha value is -1.59. The van der Waals surface area contributed by atoms with Crippen molar-refractivity contribution in [1.82, 2.24) is 9.55 Å². The van der Waals surface area contributed by atoms with Crippen molar-refractivity contribution in [3.05, 3.63) is 47.0 Å². The van der Waals surface area contributed by atoms with Crippen LogP contribution in [-0.4, -0.2) is 21.6 Å². The highest BCUT2D eigenvalue weighted by atomic mass is 35.5. The summed E-state index contributed by atoms with van der Waals surface area (Å²) in [5, 5.41) is 0.655. The van der Waals surface area contributed by atoms with Crippen LogP contribution in [0.1, 0.15) is 11.4 Å². The van der Waals surface area contributed by atoms with Gasteiger partial charge in [-0.05, 0) is 18.2 Å². The molecule has 94 valence electrons. The van der Waals surface area contributed by atoms with E-state index in [0.717, 1.165) is 11.3 Å². The van der Waals surface area contributed by atoms with Gasteiger partial charge in [0.2, 0.25) is 0 Å². The molecule has 0 unspecified atom stereocenters. The van der Waals surface area contributed by atoms with Crippen molar-refractivity contribution < 1.29 is 4.74 Å². The van der Waals surface area contributed by atoms with Crippen molar-refractivity contribution in [1.29, 1.82) is 0 Å². The molecule has 0 bridgehead atoms. The minimum atomic E-state index is 0.265. The van der Waals surface area contributed by atoms with Gasteiger partial charge in [-0.2, -0.15) is 0 Å². The van der Waals surface area contributed by atoms with Crippen molar-refractivity contribution in [2.24, 2.45) is 5.73 Å². The first-order chi connectivity index (χ1) is 8.61. The van der Waals surface area contributed by atoms with Gasteiger partial charge < -0.3 is 15.0 Å². The Balaban J connectivity index is 2.36. The van der Waals surface area contributed by atoms with E-state index in [-0.39, 0.29) is 4.99 Å². The van der Waals surface area contributed by atoms with Crippen LogP contribution >= 0.6 is 23.8 Å². The molecular formula is C12H12ClN3OS. The fourth-order valence-corrected chi connectivity index (χ4v) is 2.08. The van der Waals surface area contributed by atoms with Gasteiger partial charge >= 0.3 is 0 Å². The normalized spacial score (nSPS) is 10.3. The van der Waals surface area contributed by atoms with E-state index in [4.69, 9.17) is 34.3 Å². The summed E-state index contributed by atoms with van der Waals surface area (Å²) in [6, 6.07) is 5.46. The van der Waals surface area contributed by atoms with E-state index in [1.54, 1.807) is 19.4 Å². The molecule has 0 aliphatic heterocycles. The molecule has 4 nitrogen and oxygen atoms in total. The molecule has 2 aromatic rings. The zero-order valence-corrected chi connectivity index (χ0v) is 11.3. The largest absolute Gasteiger partial charge is 0.496 e. The summed E-state index contributed by atoms with van der Waals surface area (Å²) in [6.45, 7) is 0.552. The molecule has 1 heterocycles. The fourth-order valence-electron chi connectivity index (χ4n) is 1.72. The number of hydrogen-bond donors (Lipinski definition) is 1. The van der Waals surface area contributed by atoms with Crippen LogP contribution in [0, 0.1) is 0 Å². The molecule has 0 amide bonds. The third-order valence-corrected chi connectivity index (χ3v) is 2.94. The maximum absolute atomic E-state index is 5.99. The quantitative estimate of drug-likeness (QED) is 0.873. The van der Waals surface area contributed by atoms with Gasteiger partial charge in [-0.1, -0.05) is 23.8 Å². The number of imidazole rings is 1. The van der Waals surface area contributed by atoms with Crippen LogP contribution in [-0.2, 0) is 6.54 Å². The SMILES string of the molecule is COc1ccc(Cl)cc1Cn1ccnc1C(N)=S. The topological polar surface area (TPSA) is 53.1 Å². The zero-order valence-electron chi connectivity index (χ0n) is 9.76. The Morgan fingerprint density at radius 3 is 3.00 bits per heavy atom. The van der Waals surface area contributed by atoms with E-state index < -0.39 is 0 Å². The van der Waals surface area contributed by atoms with Gasteiger partial charge in [0, 0.05) is 23.0 Å². The number of hydrogen-bond acceptors (Lipinski definition) is 3. The van der Waals surface area contributed by atoms with Gasteiger partial charge in [-0.15, -0.1) is 0 Å². The van der Waals surface area contributed by atoms with E-state index >= 15 is 0 Å². The van der Waals surface area contributed by atoms with Crippen LogP contribution in [0.25, 0.3) is 0 Å². The molecule has 0 atom stereocenters. The minimum Gasteiger partial charge on any atom is -0.496 e. The lowest BCUT2D eigenvalue weighted by Crippen LogP contribution is -2.17. The van der Waals surface area contributed by atoms with Crippen LogP contribution in [0.15, 0.2) is 30.6 Å². The number of nitrogens with zero attached hydrogens (tertiary/aromatic N) is 2. The van der Waals surface area contributed by atoms with Gasteiger partial charge in [-0.25, -0.2) is 4.98 Å². The molecule has 0 saturated carbocycles. The van der Waals surface area contributed by atoms with E-state index in [1.807, 2.05) is 22.9 Å². The predicted octanol–water partition coefficient (Wildman–Crippen LogP) is 2.23. The molecule has 0 radical (unpaired) electrons. The first kappa shape index (κ1) is 12.9. The van der Waals surface area contributed by atoms with Crippen LogP contribution in [0.4, 0.5) is 0 Å². The van der Waals surface area contributed by atoms with Crippen LogP contribution < -0.4 is 10.5 Å². The van der Waals surface area contributed by atoms with Crippen LogP contribution in [0.2, 0.25) is 5.02 Å². The molecular weight excluding hydrogens is 270 g/mol. The molecule has 6 heteroatoms. The Kier molecular flexibility index (Phi) is 3.84. The molecule has 1 aromatic heterocycles. The highest BCUT2D eigenvalue weighted by Crippen LogP contribution is 2.23. The molecule has 0 aliphatic rings. The van der Waals surface area contributed by atoms with Crippen molar-refractivity contribution in [3.63, 3.8) is 0 Å². The highest BCUT2D eigenvalue weighted by molar-refractivity contribution is 7.80. The number of halogens is 1. The Labute approximate surface area is 115 Å². The average molecular weight is 282 g/mol. The van der Waals surface area contributed by atoms with Crippen molar-refractivity contribution in [2.45, 2.75) is 6.54 Å². The standard InChI is InChI=1S/C12H12ClN3OS/c1-17-10-3-2-9(13)6-8(10)7-16-5-4-15-12(16)11(14)18/h2-6H,7H2,1H3,(H2,14,18). The van der Waals surface area contributed by atoms with Gasteiger partial charge in [0.05, 0.1) is 13.7 Å². The van der Waals surface area contributed by atoms with Crippen LogP contribution in [0.3, 0.4) is 0 Å². The summed E-state index contributed by atoms with van der Waals surface area (Å²) in [5.41, 5.74) is 6.55. The zero-order chi connectivity index (χ0) is 13.1. The fraction of sp³-hybridized carbons (Fsp3) is 0.167. The Morgan fingerprint density at radius 2 is 2.33 bits per heavy atom. The lowest BCUT2D eigenvalue weighted by molar-refractivity contribution is 0.408. The number of thiocarbonyl (C=S) groups is 1. The van der Waals surface area contributed by atoms with Crippen molar-refractivity contribution in [2.75, 3.05) is 7.11 Å². The maximum atomic E-state index is 5.99. The van der Waals surface area contributed by atoms with Gasteiger partial charge in [0.25, 0.3) is 0 Å². The number of benzene rings is 1. The molecule has 18 heavy (non-hydrogen) atoms. The smallest absolute Gasteiger partial charge is 0.167 e. The monoisotopic (exact) mass is 281 g/mol. The van der Waals surface area contributed by atoms with E-state index in [2.05, 4.69) is 4.98 Å². The van der Waals surface area contributed by atoms with Gasteiger partial charge in [-0.3, -0.25) is 0 Å². The van der Waals surface area contributed by atoms with Crippen molar-refractivity contribution in [3.8, 4) is 5.75 Å².